The molecule has 0 aliphatic heterocycles. The van der Waals surface area contributed by atoms with E-state index in [1.165, 1.54) is 12.1 Å². The maximum Gasteiger partial charge on any atom is 0.416 e. The summed E-state index contributed by atoms with van der Waals surface area (Å²) in [4.78, 5) is 22.5. The molecule has 0 aliphatic rings. The van der Waals surface area contributed by atoms with Gasteiger partial charge in [0.2, 0.25) is 5.95 Å². The third-order valence-electron chi connectivity index (χ3n) is 6.68. The van der Waals surface area contributed by atoms with Crippen molar-refractivity contribution in [2.75, 3.05) is 17.7 Å². The number of nitrogens with one attached hydrogen (secondary N) is 2. The molecule has 0 saturated carbocycles. The molecule has 3 aromatic carbocycles. The van der Waals surface area contributed by atoms with E-state index in [4.69, 9.17) is 9.72 Å². The Bertz CT molecular complexity index is 1800. The number of halogens is 3. The van der Waals surface area contributed by atoms with Crippen LogP contribution in [0.3, 0.4) is 0 Å². The number of aromatic nitrogens is 4. The van der Waals surface area contributed by atoms with Crippen LogP contribution in [0.1, 0.15) is 35.3 Å². The Hall–Kier alpha value is -4.93. The summed E-state index contributed by atoms with van der Waals surface area (Å²) in [6.45, 7) is 5.90. The summed E-state index contributed by atoms with van der Waals surface area (Å²) >= 11 is 0. The summed E-state index contributed by atoms with van der Waals surface area (Å²) in [5, 5.41) is 10.9. The number of methoxy groups -OCH3 is 1. The quantitative estimate of drug-likeness (QED) is 0.215. The second kappa shape index (κ2) is 11.2. The number of hydrogen-bond donors (Lipinski definition) is 2. The Labute approximate surface area is 240 Å². The van der Waals surface area contributed by atoms with E-state index in [9.17, 15) is 18.0 Å². The monoisotopic (exact) mass is 574 g/mol. The summed E-state index contributed by atoms with van der Waals surface area (Å²) in [6.07, 6.45) is 0.802. The lowest BCUT2D eigenvalue weighted by molar-refractivity contribution is -0.137. The highest BCUT2D eigenvalue weighted by Gasteiger charge is 2.30. The molecule has 0 saturated heterocycles. The average molecular weight is 575 g/mol. The largest absolute Gasteiger partial charge is 0.495 e. The summed E-state index contributed by atoms with van der Waals surface area (Å²) in [5.74, 6) is 0.459. The van der Waals surface area contributed by atoms with Crippen molar-refractivity contribution >= 4 is 28.4 Å². The van der Waals surface area contributed by atoms with Gasteiger partial charge in [0.25, 0.3) is 5.91 Å². The van der Waals surface area contributed by atoms with Crippen LogP contribution >= 0.6 is 0 Å². The molecule has 0 atom stereocenters. The van der Waals surface area contributed by atoms with Gasteiger partial charge in [-0.15, -0.1) is 0 Å². The molecule has 0 radical (unpaired) electrons. The van der Waals surface area contributed by atoms with E-state index in [1.54, 1.807) is 42.4 Å². The van der Waals surface area contributed by atoms with E-state index < -0.39 is 17.6 Å². The summed E-state index contributed by atoms with van der Waals surface area (Å²) < 4.78 is 47.2. The first kappa shape index (κ1) is 28.6. The fourth-order valence-corrected chi connectivity index (χ4v) is 4.75. The molecule has 42 heavy (non-hydrogen) atoms. The van der Waals surface area contributed by atoms with Crippen molar-refractivity contribution in [2.24, 2.45) is 7.05 Å². The van der Waals surface area contributed by atoms with Crippen molar-refractivity contribution in [1.82, 2.24) is 19.7 Å². The van der Waals surface area contributed by atoms with E-state index >= 15 is 0 Å². The van der Waals surface area contributed by atoms with Crippen LogP contribution in [0.5, 0.6) is 5.75 Å². The van der Waals surface area contributed by atoms with Gasteiger partial charge in [-0.25, -0.2) is 9.97 Å². The maximum absolute atomic E-state index is 13.2. The maximum atomic E-state index is 13.2. The van der Waals surface area contributed by atoms with Crippen molar-refractivity contribution in [3.8, 4) is 28.0 Å². The second-order valence-corrected chi connectivity index (χ2v) is 10.2. The van der Waals surface area contributed by atoms with Gasteiger partial charge < -0.3 is 15.4 Å². The van der Waals surface area contributed by atoms with Crippen molar-refractivity contribution in [2.45, 2.75) is 33.0 Å². The highest BCUT2D eigenvalue weighted by atomic mass is 19.4. The molecule has 0 bridgehead atoms. The average Bonchev–Trinajstić information content (AvgIpc) is 3.37. The van der Waals surface area contributed by atoms with Crippen LogP contribution in [0.2, 0.25) is 0 Å². The van der Waals surface area contributed by atoms with Crippen molar-refractivity contribution < 1.29 is 22.7 Å². The topological polar surface area (TPSA) is 94.0 Å². The fourth-order valence-electron chi connectivity index (χ4n) is 4.75. The first-order valence-electron chi connectivity index (χ1n) is 13.2. The van der Waals surface area contributed by atoms with Gasteiger partial charge in [0.05, 0.1) is 30.0 Å². The number of aryl methyl sites for hydroxylation is 2. The summed E-state index contributed by atoms with van der Waals surface area (Å²) in [5.41, 5.74) is 3.90. The highest BCUT2D eigenvalue weighted by molar-refractivity contribution is 6.06. The number of amides is 1. The van der Waals surface area contributed by atoms with Gasteiger partial charge in [0.1, 0.15) is 5.75 Å². The number of benzene rings is 3. The number of rotatable bonds is 7. The molecular weight excluding hydrogens is 545 g/mol. The first-order chi connectivity index (χ1) is 19.9. The Morgan fingerprint density at radius 1 is 1.05 bits per heavy atom. The lowest BCUT2D eigenvalue weighted by atomic mass is 9.92. The summed E-state index contributed by atoms with van der Waals surface area (Å²) in [7, 11) is 3.39. The molecule has 2 N–H and O–H groups in total. The number of hydrogen-bond acceptors (Lipinski definition) is 6. The van der Waals surface area contributed by atoms with E-state index in [0.717, 1.165) is 28.6 Å². The van der Waals surface area contributed by atoms with Crippen LogP contribution < -0.4 is 15.4 Å². The molecule has 1 amide bonds. The number of anilines is 2. The van der Waals surface area contributed by atoms with Crippen LogP contribution in [0.15, 0.2) is 67.1 Å². The Morgan fingerprint density at radius 2 is 1.83 bits per heavy atom. The molecule has 0 unspecified atom stereocenters. The van der Waals surface area contributed by atoms with Crippen molar-refractivity contribution in [1.29, 1.82) is 0 Å². The molecule has 2 aromatic heterocycles. The van der Waals surface area contributed by atoms with Gasteiger partial charge in [0, 0.05) is 53.2 Å². The van der Waals surface area contributed by atoms with E-state index in [2.05, 4.69) is 20.7 Å². The van der Waals surface area contributed by atoms with Gasteiger partial charge in [-0.2, -0.15) is 18.3 Å². The van der Waals surface area contributed by atoms with Crippen molar-refractivity contribution in [3.05, 3.63) is 83.8 Å². The van der Waals surface area contributed by atoms with Crippen LogP contribution in [-0.2, 0) is 13.2 Å². The van der Waals surface area contributed by atoms with Crippen LogP contribution in [0, 0.1) is 6.92 Å². The summed E-state index contributed by atoms with van der Waals surface area (Å²) in [6, 6.07) is 11.7. The van der Waals surface area contributed by atoms with Gasteiger partial charge in [-0.1, -0.05) is 12.1 Å². The minimum atomic E-state index is -4.52. The fraction of sp³-hybridized carbons (Fsp3) is 0.226. The lowest BCUT2D eigenvalue weighted by Gasteiger charge is -2.18. The first-order valence-corrected chi connectivity index (χ1v) is 13.2. The third-order valence-corrected chi connectivity index (χ3v) is 6.68. The zero-order valence-electron chi connectivity index (χ0n) is 23.7. The van der Waals surface area contributed by atoms with E-state index in [1.807, 2.05) is 40.1 Å². The number of nitrogens with zero attached hydrogens (tertiary/aromatic N) is 4. The number of alkyl halides is 3. The molecule has 216 valence electrons. The minimum absolute atomic E-state index is 0.0436. The second-order valence-electron chi connectivity index (χ2n) is 10.2. The number of carbonyl (C=O) groups excluding carboxylic acids is 1. The molecule has 11 heteroatoms. The van der Waals surface area contributed by atoms with Gasteiger partial charge in [-0.05, 0) is 68.3 Å². The zero-order valence-corrected chi connectivity index (χ0v) is 23.7. The van der Waals surface area contributed by atoms with Gasteiger partial charge in [0.15, 0.2) is 0 Å². The Balaban J connectivity index is 1.64. The van der Waals surface area contributed by atoms with Crippen LogP contribution in [0.25, 0.3) is 33.2 Å². The van der Waals surface area contributed by atoms with E-state index in [0.29, 0.717) is 33.9 Å². The lowest BCUT2D eigenvalue weighted by Crippen LogP contribution is -2.13. The van der Waals surface area contributed by atoms with E-state index in [-0.39, 0.29) is 17.3 Å². The predicted molar refractivity (Wildman–Crippen MR) is 157 cm³/mol. The van der Waals surface area contributed by atoms with Crippen molar-refractivity contribution in [3.63, 3.8) is 0 Å². The Kier molecular flexibility index (Phi) is 7.59. The van der Waals surface area contributed by atoms with Crippen LogP contribution in [-0.4, -0.2) is 38.8 Å². The molecule has 5 aromatic rings. The molecule has 0 fully saturated rings. The van der Waals surface area contributed by atoms with Crippen LogP contribution in [0.4, 0.5) is 24.8 Å². The van der Waals surface area contributed by atoms with Gasteiger partial charge in [-0.3, -0.25) is 9.48 Å². The molecule has 5 rings (SSSR count). The molecular formula is C31H29F3N6O2. The third kappa shape index (κ3) is 5.76. The smallest absolute Gasteiger partial charge is 0.416 e. The molecule has 2 heterocycles. The number of fused-ring (bicyclic) bond motifs is 1. The SMILES string of the molecule is COc1c(-c2cc(C(=O)Nc3cccc(C(F)(F)F)c3)ccc2C)cc2cnc(NC(C)C)nc2c1-c1cnn(C)c1. The van der Waals surface area contributed by atoms with Gasteiger partial charge >= 0.3 is 6.18 Å². The molecule has 0 spiro atoms. The molecule has 8 nitrogen and oxygen atoms in total. The zero-order chi connectivity index (χ0) is 30.2. The number of carbonyl (C=O) groups is 1. The standard InChI is InChI=1S/C31H29F3N6O2/c1-17(2)37-30-35-14-20-12-25(28(42-5)26(27(20)39-30)21-15-36-40(4)16-21)24-11-19(10-9-18(24)3)29(41)38-23-8-6-7-22(13-23)31(32,33)34/h6-17H,1-5H3,(H,38,41)(H,35,37,39). The Morgan fingerprint density at radius 3 is 2.50 bits per heavy atom. The predicted octanol–water partition coefficient (Wildman–Crippen LogP) is 7.11. The normalized spacial score (nSPS) is 11.6. The number of ether oxygens (including phenoxy) is 1. The minimum Gasteiger partial charge on any atom is -0.495 e. The molecule has 0 aliphatic carbocycles. The highest BCUT2D eigenvalue weighted by Crippen LogP contribution is 2.44.